The van der Waals surface area contributed by atoms with Crippen LogP contribution in [-0.4, -0.2) is 27.2 Å². The molecule has 1 aliphatic rings. The lowest BCUT2D eigenvalue weighted by molar-refractivity contribution is 0.0386. The van der Waals surface area contributed by atoms with E-state index in [0.29, 0.717) is 19.4 Å². The van der Waals surface area contributed by atoms with Gasteiger partial charge in [0.15, 0.2) is 4.90 Å². The Morgan fingerprint density at radius 2 is 1.95 bits per heavy atom. The van der Waals surface area contributed by atoms with Crippen molar-refractivity contribution in [2.24, 2.45) is 0 Å². The predicted octanol–water partition coefficient (Wildman–Crippen LogP) is 1.39. The van der Waals surface area contributed by atoms with E-state index in [1.165, 1.54) is 0 Å². The van der Waals surface area contributed by atoms with E-state index in [0.717, 1.165) is 12.1 Å². The van der Waals surface area contributed by atoms with Crippen molar-refractivity contribution in [2.45, 2.75) is 30.2 Å². The molecule has 0 spiro atoms. The molecule has 1 aliphatic heterocycles. The van der Waals surface area contributed by atoms with Crippen LogP contribution in [0.1, 0.15) is 19.8 Å². The van der Waals surface area contributed by atoms with Crippen molar-refractivity contribution in [3.8, 4) is 0 Å². The minimum atomic E-state index is -4.33. The fourth-order valence-electron chi connectivity index (χ4n) is 2.23. The highest BCUT2D eigenvalue weighted by atomic mass is 32.2. The van der Waals surface area contributed by atoms with Crippen LogP contribution in [0.2, 0.25) is 0 Å². The lowest BCUT2D eigenvalue weighted by atomic mass is 9.97. The van der Waals surface area contributed by atoms with Gasteiger partial charge < -0.3 is 10.5 Å². The quantitative estimate of drug-likeness (QED) is 0.827. The maximum atomic E-state index is 13.7. The fourth-order valence-corrected chi connectivity index (χ4v) is 3.77. The average molecular weight is 306 g/mol. The number of nitrogens with one attached hydrogen (secondary N) is 1. The van der Waals surface area contributed by atoms with Crippen LogP contribution in [0.3, 0.4) is 0 Å². The maximum Gasteiger partial charge on any atom is 0.247 e. The molecule has 1 aromatic carbocycles. The minimum Gasteiger partial charge on any atom is -0.399 e. The first kappa shape index (κ1) is 15.1. The van der Waals surface area contributed by atoms with Gasteiger partial charge in [0.1, 0.15) is 11.6 Å². The van der Waals surface area contributed by atoms with Crippen molar-refractivity contribution in [2.75, 3.05) is 18.9 Å². The summed E-state index contributed by atoms with van der Waals surface area (Å²) in [6, 6.07) is 1.55. The molecule has 1 unspecified atom stereocenters. The van der Waals surface area contributed by atoms with Crippen molar-refractivity contribution in [3.63, 3.8) is 0 Å². The largest absolute Gasteiger partial charge is 0.399 e. The highest BCUT2D eigenvalue weighted by molar-refractivity contribution is 7.89. The number of nitrogens with two attached hydrogens (primary N) is 1. The van der Waals surface area contributed by atoms with Crippen LogP contribution in [0.5, 0.6) is 0 Å². The van der Waals surface area contributed by atoms with E-state index in [9.17, 15) is 17.2 Å². The third-order valence-corrected chi connectivity index (χ3v) is 4.80. The predicted molar refractivity (Wildman–Crippen MR) is 69.5 cm³/mol. The van der Waals surface area contributed by atoms with Gasteiger partial charge in [0.2, 0.25) is 10.0 Å². The van der Waals surface area contributed by atoms with Crippen LogP contribution < -0.4 is 10.5 Å². The van der Waals surface area contributed by atoms with Gasteiger partial charge >= 0.3 is 0 Å². The van der Waals surface area contributed by atoms with Gasteiger partial charge in [-0.3, -0.25) is 0 Å². The summed E-state index contributed by atoms with van der Waals surface area (Å²) in [4.78, 5) is -1.02. The standard InChI is InChI=1S/C12H16F2N2O3S/c1-12(3-2-4-19-7-12)16-20(17,18)11-9(13)5-8(15)6-10(11)14/h5-6,16H,2-4,7,15H2,1H3. The summed E-state index contributed by atoms with van der Waals surface area (Å²) in [5.41, 5.74) is 4.21. The summed E-state index contributed by atoms with van der Waals surface area (Å²) in [5, 5.41) is 0. The molecular formula is C12H16F2N2O3S. The number of hydrogen-bond donors (Lipinski definition) is 2. The van der Waals surface area contributed by atoms with E-state index < -0.39 is 32.1 Å². The minimum absolute atomic E-state index is 0.157. The van der Waals surface area contributed by atoms with Gasteiger partial charge in [-0.05, 0) is 31.9 Å². The van der Waals surface area contributed by atoms with Gasteiger partial charge in [0.05, 0.1) is 12.1 Å². The second kappa shape index (κ2) is 5.27. The van der Waals surface area contributed by atoms with Crippen molar-refractivity contribution < 1.29 is 21.9 Å². The second-order valence-electron chi connectivity index (χ2n) is 5.14. The molecule has 0 amide bonds. The summed E-state index contributed by atoms with van der Waals surface area (Å²) < 4.78 is 59.3. The van der Waals surface area contributed by atoms with Crippen molar-refractivity contribution >= 4 is 15.7 Å². The van der Waals surface area contributed by atoms with Gasteiger partial charge in [-0.25, -0.2) is 21.9 Å². The van der Waals surface area contributed by atoms with Crippen molar-refractivity contribution in [1.82, 2.24) is 4.72 Å². The van der Waals surface area contributed by atoms with Crippen molar-refractivity contribution in [3.05, 3.63) is 23.8 Å². The van der Waals surface area contributed by atoms with E-state index in [1.807, 2.05) is 0 Å². The zero-order valence-corrected chi connectivity index (χ0v) is 11.8. The Balaban J connectivity index is 2.36. The molecule has 0 aromatic heterocycles. The Morgan fingerprint density at radius 3 is 2.45 bits per heavy atom. The molecule has 2 rings (SSSR count). The van der Waals surface area contributed by atoms with Gasteiger partial charge in [0.25, 0.3) is 0 Å². The molecule has 1 atom stereocenters. The lowest BCUT2D eigenvalue weighted by Crippen LogP contribution is -2.51. The molecule has 8 heteroatoms. The lowest BCUT2D eigenvalue weighted by Gasteiger charge is -2.33. The third kappa shape index (κ3) is 3.08. The van der Waals surface area contributed by atoms with Gasteiger partial charge in [-0.2, -0.15) is 0 Å². The summed E-state index contributed by atoms with van der Waals surface area (Å²) in [5.74, 6) is -2.43. The number of halogens is 2. The molecular weight excluding hydrogens is 290 g/mol. The third-order valence-electron chi connectivity index (χ3n) is 3.11. The number of sulfonamides is 1. The monoisotopic (exact) mass is 306 g/mol. The molecule has 1 fully saturated rings. The number of ether oxygens (including phenoxy) is 1. The second-order valence-corrected chi connectivity index (χ2v) is 6.76. The highest BCUT2D eigenvalue weighted by Gasteiger charge is 2.35. The molecule has 3 N–H and O–H groups in total. The molecule has 0 saturated carbocycles. The fraction of sp³-hybridized carbons (Fsp3) is 0.500. The van der Waals surface area contributed by atoms with Gasteiger partial charge in [-0.1, -0.05) is 0 Å². The van der Waals surface area contributed by atoms with E-state index in [2.05, 4.69) is 4.72 Å². The van der Waals surface area contributed by atoms with E-state index in [4.69, 9.17) is 10.5 Å². The first-order chi connectivity index (χ1) is 9.23. The van der Waals surface area contributed by atoms with Crippen LogP contribution in [0, 0.1) is 11.6 Å². The zero-order chi connectivity index (χ0) is 15.0. The molecule has 1 aromatic rings. The smallest absolute Gasteiger partial charge is 0.247 e. The van der Waals surface area contributed by atoms with E-state index >= 15 is 0 Å². The summed E-state index contributed by atoms with van der Waals surface area (Å²) >= 11 is 0. The number of rotatable bonds is 3. The topological polar surface area (TPSA) is 81.4 Å². The van der Waals surface area contributed by atoms with Crippen LogP contribution >= 0.6 is 0 Å². The summed E-state index contributed by atoms with van der Waals surface area (Å²) in [6.45, 7) is 2.34. The average Bonchev–Trinajstić information content (AvgIpc) is 2.25. The van der Waals surface area contributed by atoms with Gasteiger partial charge in [0, 0.05) is 12.3 Å². The van der Waals surface area contributed by atoms with E-state index in [-0.39, 0.29) is 12.3 Å². The Morgan fingerprint density at radius 1 is 1.35 bits per heavy atom. The van der Waals surface area contributed by atoms with Crippen LogP contribution in [0.15, 0.2) is 17.0 Å². The van der Waals surface area contributed by atoms with E-state index in [1.54, 1.807) is 6.92 Å². The number of nitrogen functional groups attached to an aromatic ring is 1. The maximum absolute atomic E-state index is 13.7. The number of benzene rings is 1. The normalized spacial score (nSPS) is 23.8. The molecule has 1 heterocycles. The Hall–Kier alpha value is -1.25. The molecule has 0 bridgehead atoms. The number of hydrogen-bond acceptors (Lipinski definition) is 4. The van der Waals surface area contributed by atoms with Crippen LogP contribution in [0.25, 0.3) is 0 Å². The van der Waals surface area contributed by atoms with Crippen LogP contribution in [0.4, 0.5) is 14.5 Å². The molecule has 0 radical (unpaired) electrons. The zero-order valence-electron chi connectivity index (χ0n) is 10.9. The molecule has 5 nitrogen and oxygen atoms in total. The van der Waals surface area contributed by atoms with Crippen LogP contribution in [-0.2, 0) is 14.8 Å². The molecule has 112 valence electrons. The Kier molecular flexibility index (Phi) is 3.99. The Bertz CT molecular complexity index is 590. The molecule has 20 heavy (non-hydrogen) atoms. The summed E-state index contributed by atoms with van der Waals surface area (Å²) in [6.07, 6.45) is 1.20. The number of anilines is 1. The first-order valence-electron chi connectivity index (χ1n) is 6.10. The molecule has 0 aliphatic carbocycles. The Labute approximate surface area is 116 Å². The van der Waals surface area contributed by atoms with Crippen molar-refractivity contribution in [1.29, 1.82) is 0 Å². The highest BCUT2D eigenvalue weighted by Crippen LogP contribution is 2.25. The first-order valence-corrected chi connectivity index (χ1v) is 7.58. The molecule has 1 saturated heterocycles. The summed E-state index contributed by atoms with van der Waals surface area (Å²) in [7, 11) is -4.33. The SMILES string of the molecule is CC1(NS(=O)(=O)c2c(F)cc(N)cc2F)CCCOC1. The van der Waals surface area contributed by atoms with Gasteiger partial charge in [-0.15, -0.1) is 0 Å².